The van der Waals surface area contributed by atoms with Gasteiger partial charge in [-0.1, -0.05) is 75.1 Å². The van der Waals surface area contributed by atoms with E-state index in [2.05, 4.69) is 13.2 Å². The Morgan fingerprint density at radius 1 is 1.13 bits per heavy atom. The van der Waals surface area contributed by atoms with Gasteiger partial charge in [-0.3, -0.25) is 4.79 Å². The van der Waals surface area contributed by atoms with Crippen molar-refractivity contribution >= 4 is 29.2 Å². The Balaban J connectivity index is 0.00000704. The molecule has 0 fully saturated rings. The molecule has 1 amide bonds. The van der Waals surface area contributed by atoms with Crippen LogP contribution < -0.4 is 0 Å². The molecule has 1 rings (SSSR count). The highest BCUT2D eigenvalue weighted by atomic mass is 35.5. The van der Waals surface area contributed by atoms with E-state index >= 15 is 0 Å². The average Bonchev–Trinajstić information content (AvgIpc) is 2.88. The summed E-state index contributed by atoms with van der Waals surface area (Å²) >= 11 is 6.27. The first-order valence-electron chi connectivity index (χ1n) is 12.7. The van der Waals surface area contributed by atoms with Crippen molar-refractivity contribution in [1.29, 1.82) is 0 Å². The number of alkyl halides is 3. The summed E-state index contributed by atoms with van der Waals surface area (Å²) in [6.07, 6.45) is 1.14. The van der Waals surface area contributed by atoms with E-state index in [9.17, 15) is 22.8 Å². The van der Waals surface area contributed by atoms with Crippen LogP contribution in [0.15, 0.2) is 72.9 Å². The highest BCUT2D eigenvalue weighted by Gasteiger charge is 2.27. The van der Waals surface area contributed by atoms with Gasteiger partial charge in [-0.05, 0) is 60.8 Å². The maximum atomic E-state index is 13.2. The lowest BCUT2D eigenvalue weighted by Crippen LogP contribution is -2.34. The fourth-order valence-electron chi connectivity index (χ4n) is 3.33. The van der Waals surface area contributed by atoms with Crippen LogP contribution in [-0.4, -0.2) is 49.4 Å². The lowest BCUT2D eigenvalue weighted by atomic mass is 9.94. The molecule has 0 unspecified atom stereocenters. The third kappa shape index (κ3) is 14.5. The Hall–Kier alpha value is -3.26. The van der Waals surface area contributed by atoms with Crippen LogP contribution in [0.2, 0.25) is 5.02 Å². The Kier molecular flexibility index (Phi) is 17.3. The minimum Gasteiger partial charge on any atom is -0.466 e. The van der Waals surface area contributed by atoms with Crippen molar-refractivity contribution in [2.45, 2.75) is 53.6 Å². The molecule has 0 atom stereocenters. The molecule has 0 aliphatic carbocycles. The second kappa shape index (κ2) is 18.9. The van der Waals surface area contributed by atoms with Crippen molar-refractivity contribution in [2.24, 2.45) is 0 Å². The molecule has 0 heterocycles. The number of carbonyl (C=O) groups is 2. The summed E-state index contributed by atoms with van der Waals surface area (Å²) in [7, 11) is 0. The molecule has 216 valence electrons. The van der Waals surface area contributed by atoms with Gasteiger partial charge in [0.25, 0.3) is 0 Å². The van der Waals surface area contributed by atoms with Gasteiger partial charge in [0, 0.05) is 18.1 Å². The number of likely N-dealkylation sites (N-methyl/N-ethyl adjacent to an activating group) is 1. The van der Waals surface area contributed by atoms with E-state index in [1.54, 1.807) is 63.3 Å². The van der Waals surface area contributed by atoms with E-state index in [-0.39, 0.29) is 38.3 Å². The van der Waals surface area contributed by atoms with Gasteiger partial charge in [0.1, 0.15) is 6.61 Å². The fraction of sp³-hybridized carbons (Fsp3) is 0.400. The Bertz CT molecular complexity index is 1060. The van der Waals surface area contributed by atoms with Gasteiger partial charge in [0.2, 0.25) is 0 Å². The summed E-state index contributed by atoms with van der Waals surface area (Å²) in [4.78, 5) is 26.0. The van der Waals surface area contributed by atoms with Crippen LogP contribution in [0.25, 0.3) is 5.57 Å². The Morgan fingerprint density at radius 3 is 2.33 bits per heavy atom. The molecule has 0 spiro atoms. The molecule has 1 aromatic rings. The first-order valence-corrected chi connectivity index (χ1v) is 13.1. The molecule has 39 heavy (non-hydrogen) atoms. The number of ether oxygens (including phenoxy) is 2. The van der Waals surface area contributed by atoms with Crippen molar-refractivity contribution in [3.05, 3.63) is 89.0 Å². The zero-order valence-corrected chi connectivity index (χ0v) is 24.1. The number of hydrogen-bond donors (Lipinski definition) is 0. The van der Waals surface area contributed by atoms with Gasteiger partial charge in [-0.15, -0.1) is 0 Å². The average molecular weight is 570 g/mol. The van der Waals surface area contributed by atoms with E-state index in [4.69, 9.17) is 21.1 Å². The van der Waals surface area contributed by atoms with Crippen LogP contribution >= 0.6 is 11.6 Å². The molecule has 0 aliphatic heterocycles. The largest absolute Gasteiger partial charge is 0.466 e. The Morgan fingerprint density at radius 2 is 1.79 bits per heavy atom. The van der Waals surface area contributed by atoms with E-state index in [1.807, 2.05) is 13.8 Å². The van der Waals surface area contributed by atoms with Crippen LogP contribution in [0.1, 0.15) is 52.2 Å². The molecule has 0 N–H and O–H groups in total. The van der Waals surface area contributed by atoms with E-state index in [0.29, 0.717) is 27.3 Å². The number of carbonyl (C=O) groups excluding carboxylic acids is 2. The molecular weight excluding hydrogens is 531 g/mol. The normalized spacial score (nSPS) is 11.9. The van der Waals surface area contributed by atoms with E-state index in [1.165, 1.54) is 4.90 Å². The van der Waals surface area contributed by atoms with Gasteiger partial charge >= 0.3 is 18.2 Å². The predicted molar refractivity (Wildman–Crippen MR) is 153 cm³/mol. The minimum atomic E-state index is -4.44. The number of nitrogens with zero attached hydrogens (tertiary/aromatic N) is 1. The number of amides is 1. The second-order valence-corrected chi connectivity index (χ2v) is 8.34. The van der Waals surface area contributed by atoms with Crippen molar-refractivity contribution in [3.8, 4) is 0 Å². The summed E-state index contributed by atoms with van der Waals surface area (Å²) in [6.45, 7) is 16.6. The zero-order valence-electron chi connectivity index (χ0n) is 23.4. The summed E-state index contributed by atoms with van der Waals surface area (Å²) < 4.78 is 49.7. The molecular formula is C30H39ClF3NO4. The Labute approximate surface area is 235 Å². The lowest BCUT2D eigenvalue weighted by Gasteiger charge is -2.24. The van der Waals surface area contributed by atoms with Gasteiger partial charge in [-0.25, -0.2) is 4.79 Å². The van der Waals surface area contributed by atoms with Crippen molar-refractivity contribution < 1.29 is 32.2 Å². The van der Waals surface area contributed by atoms with E-state index in [0.717, 1.165) is 6.08 Å². The van der Waals surface area contributed by atoms with Crippen molar-refractivity contribution in [2.75, 3.05) is 26.3 Å². The summed E-state index contributed by atoms with van der Waals surface area (Å²) in [5.74, 6) is -0.449. The number of esters is 1. The van der Waals surface area contributed by atoms with Crippen LogP contribution in [0.3, 0.4) is 0 Å². The standard InChI is InChI=1S/C28H33ClF3NO4.C2H6/c1-6-10-11-20(5)19-37-27(35)33(8-3)18-22(12-13-28(30,31)32)25(7-2)23-14-21(15-24(29)17-23)16-26(34)36-9-4;1-2/h6-7,10-12,14-15,17H,1,5,8-9,13,16,18-19H2,2-4H3;1-2H3/b11-10-,22-12-,25-7+;. The zero-order chi connectivity index (χ0) is 30.0. The van der Waals surface area contributed by atoms with Crippen molar-refractivity contribution in [3.63, 3.8) is 0 Å². The van der Waals surface area contributed by atoms with Crippen molar-refractivity contribution in [1.82, 2.24) is 4.90 Å². The van der Waals surface area contributed by atoms with Gasteiger partial charge in [0.15, 0.2) is 0 Å². The number of benzene rings is 1. The number of halogens is 4. The van der Waals surface area contributed by atoms with Crippen LogP contribution in [0.4, 0.5) is 18.0 Å². The number of allylic oxidation sites excluding steroid dienone is 4. The van der Waals surface area contributed by atoms with Gasteiger partial charge < -0.3 is 14.4 Å². The first-order chi connectivity index (χ1) is 18.4. The highest BCUT2D eigenvalue weighted by molar-refractivity contribution is 6.30. The number of hydrogen-bond acceptors (Lipinski definition) is 4. The molecule has 5 nitrogen and oxygen atoms in total. The molecule has 0 saturated carbocycles. The molecule has 0 radical (unpaired) electrons. The third-order valence-corrected chi connectivity index (χ3v) is 5.21. The molecule has 0 aromatic heterocycles. The van der Waals surface area contributed by atoms with Crippen LogP contribution in [0.5, 0.6) is 0 Å². The van der Waals surface area contributed by atoms with Crippen LogP contribution in [-0.2, 0) is 20.7 Å². The SMILES string of the molecule is C=C/C=C\C(=C)COC(=O)N(CC)CC(=C/CC(F)(F)F)/C(=C\C)c1cc(Cl)cc(CC(=O)OCC)c1.CC. The molecule has 0 bridgehead atoms. The maximum absolute atomic E-state index is 13.2. The number of rotatable bonds is 13. The topological polar surface area (TPSA) is 55.8 Å². The first kappa shape index (κ1) is 35.7. The molecule has 0 saturated heterocycles. The third-order valence-electron chi connectivity index (χ3n) is 4.99. The fourth-order valence-corrected chi connectivity index (χ4v) is 3.59. The lowest BCUT2D eigenvalue weighted by molar-refractivity contribution is -0.142. The maximum Gasteiger partial charge on any atom is 0.410 e. The van der Waals surface area contributed by atoms with Gasteiger partial charge in [-0.2, -0.15) is 13.2 Å². The summed E-state index contributed by atoms with van der Waals surface area (Å²) in [6, 6.07) is 4.86. The molecule has 0 aliphatic rings. The quantitative estimate of drug-likeness (QED) is 0.176. The minimum absolute atomic E-state index is 0.0441. The smallest absolute Gasteiger partial charge is 0.410 e. The summed E-state index contributed by atoms with van der Waals surface area (Å²) in [5, 5.41) is 0.309. The second-order valence-electron chi connectivity index (χ2n) is 7.90. The molecule has 9 heteroatoms. The van der Waals surface area contributed by atoms with E-state index < -0.39 is 24.7 Å². The highest BCUT2D eigenvalue weighted by Crippen LogP contribution is 2.30. The molecule has 1 aromatic carbocycles. The van der Waals surface area contributed by atoms with Crippen LogP contribution in [0, 0.1) is 0 Å². The summed E-state index contributed by atoms with van der Waals surface area (Å²) in [5.41, 5.74) is 2.29. The monoisotopic (exact) mass is 569 g/mol. The van der Waals surface area contributed by atoms with Gasteiger partial charge in [0.05, 0.1) is 19.4 Å². The predicted octanol–water partition coefficient (Wildman–Crippen LogP) is 8.51.